The fraction of sp³-hybridized carbons (Fsp3) is 0.312. The minimum absolute atomic E-state index is 0.121. The Bertz CT molecular complexity index is 1540. The summed E-state index contributed by atoms with van der Waals surface area (Å²) in [5, 5.41) is 13.7. The highest BCUT2D eigenvalue weighted by atomic mass is 35.5. The third-order valence-electron chi connectivity index (χ3n) is 7.35. The van der Waals surface area contributed by atoms with E-state index in [9.17, 15) is 14.7 Å². The van der Waals surface area contributed by atoms with E-state index < -0.39 is 12.1 Å². The van der Waals surface area contributed by atoms with E-state index in [1.807, 2.05) is 57.2 Å². The Hall–Kier alpha value is -3.77. The molecule has 1 amide bonds. The van der Waals surface area contributed by atoms with E-state index in [0.29, 0.717) is 28.8 Å². The maximum absolute atomic E-state index is 13.2. The second-order valence-electron chi connectivity index (χ2n) is 10.4. The lowest BCUT2D eigenvalue weighted by molar-refractivity contribution is -0.144. The van der Waals surface area contributed by atoms with Gasteiger partial charge in [-0.2, -0.15) is 0 Å². The minimum atomic E-state index is -1.06. The van der Waals surface area contributed by atoms with E-state index >= 15 is 0 Å². The zero-order valence-corrected chi connectivity index (χ0v) is 24.0. The number of hydrogen-bond donors (Lipinski definition) is 2. The number of carbonyl (C=O) groups is 2. The molecule has 39 heavy (non-hydrogen) atoms. The van der Waals surface area contributed by atoms with E-state index in [-0.39, 0.29) is 11.9 Å². The smallest absolute Gasteiger partial charge is 0.344 e. The number of carboxylic acids is 1. The van der Waals surface area contributed by atoms with Crippen LogP contribution in [0.4, 0.5) is 0 Å². The number of benzene rings is 3. The van der Waals surface area contributed by atoms with Crippen molar-refractivity contribution < 1.29 is 19.4 Å². The van der Waals surface area contributed by atoms with Crippen LogP contribution in [0.25, 0.3) is 10.9 Å². The Kier molecular flexibility index (Phi) is 8.36. The first kappa shape index (κ1) is 28.2. The topological polar surface area (TPSA) is 80.6 Å². The largest absolute Gasteiger partial charge is 0.479 e. The molecule has 6 nitrogen and oxygen atoms in total. The van der Waals surface area contributed by atoms with E-state index in [0.717, 1.165) is 33.3 Å². The molecule has 2 atom stereocenters. The second-order valence-corrected chi connectivity index (χ2v) is 10.8. The quantitative estimate of drug-likeness (QED) is 0.229. The third kappa shape index (κ3) is 5.96. The summed E-state index contributed by atoms with van der Waals surface area (Å²) in [6.45, 7) is 12.3. The summed E-state index contributed by atoms with van der Waals surface area (Å²) in [5.41, 5.74) is 6.87. The molecule has 4 aromatic rings. The van der Waals surface area contributed by atoms with Crippen molar-refractivity contribution in [3.8, 4) is 5.75 Å². The molecule has 7 heteroatoms. The lowest BCUT2D eigenvalue weighted by atomic mass is 9.98. The molecule has 2 N–H and O–H groups in total. The van der Waals surface area contributed by atoms with Crippen LogP contribution in [0.3, 0.4) is 0 Å². The van der Waals surface area contributed by atoms with Gasteiger partial charge in [0.15, 0.2) is 6.10 Å². The number of amides is 1. The average molecular weight is 547 g/mol. The summed E-state index contributed by atoms with van der Waals surface area (Å²) in [6, 6.07) is 19.3. The van der Waals surface area contributed by atoms with Crippen molar-refractivity contribution in [2.75, 3.05) is 0 Å². The maximum atomic E-state index is 13.2. The number of hydrogen-bond acceptors (Lipinski definition) is 3. The zero-order valence-electron chi connectivity index (χ0n) is 23.2. The Morgan fingerprint density at radius 2 is 1.67 bits per heavy atom. The van der Waals surface area contributed by atoms with Crippen molar-refractivity contribution in [3.05, 3.63) is 99.2 Å². The number of aryl methyl sites for hydroxylation is 1. The monoisotopic (exact) mass is 546 g/mol. The molecule has 1 aromatic heterocycles. The molecule has 204 valence electrons. The van der Waals surface area contributed by atoms with Gasteiger partial charge in [-0.15, -0.1) is 0 Å². The van der Waals surface area contributed by atoms with Gasteiger partial charge in [-0.25, -0.2) is 4.79 Å². The van der Waals surface area contributed by atoms with Gasteiger partial charge in [0.2, 0.25) is 0 Å². The Morgan fingerprint density at radius 1 is 0.974 bits per heavy atom. The highest BCUT2D eigenvalue weighted by Gasteiger charge is 2.19. The average Bonchev–Trinajstić information content (AvgIpc) is 3.14. The van der Waals surface area contributed by atoms with Crippen LogP contribution >= 0.6 is 11.6 Å². The first-order valence-electron chi connectivity index (χ1n) is 13.1. The van der Waals surface area contributed by atoms with Crippen LogP contribution in [0.1, 0.15) is 78.0 Å². The van der Waals surface area contributed by atoms with E-state index in [1.165, 1.54) is 12.5 Å². The first-order valence-corrected chi connectivity index (χ1v) is 13.5. The number of aromatic nitrogens is 1. The molecule has 1 heterocycles. The summed E-state index contributed by atoms with van der Waals surface area (Å²) in [7, 11) is 0. The Balaban J connectivity index is 1.59. The van der Waals surface area contributed by atoms with Crippen molar-refractivity contribution in [2.24, 2.45) is 0 Å². The fourth-order valence-corrected chi connectivity index (χ4v) is 4.96. The predicted octanol–water partition coefficient (Wildman–Crippen LogP) is 7.43. The molecule has 4 rings (SSSR count). The number of nitrogens with zero attached hydrogens (tertiary/aromatic N) is 1. The zero-order chi connectivity index (χ0) is 28.4. The van der Waals surface area contributed by atoms with Crippen LogP contribution in [0.2, 0.25) is 5.02 Å². The standard InChI is InChI=1S/C32H35ClN2O4/c1-18(2)23-9-7-10-24(15-23)20(4)34-31(36)25-13-14-28-27(16-25)19(3)21(5)35(28)17-26-11-8-12-29(30(26)33)39-22(6)32(37)38/h7-16,18,20,22H,17H2,1-6H3,(H,34,36)(H,37,38). The number of aliphatic carboxylic acids is 1. The molecule has 0 saturated carbocycles. The van der Waals surface area contributed by atoms with Gasteiger partial charge in [0.25, 0.3) is 5.91 Å². The summed E-state index contributed by atoms with van der Waals surface area (Å²) in [4.78, 5) is 24.4. The van der Waals surface area contributed by atoms with Crippen molar-refractivity contribution in [2.45, 2.75) is 66.2 Å². The van der Waals surface area contributed by atoms with Gasteiger partial charge in [0.1, 0.15) is 5.75 Å². The minimum Gasteiger partial charge on any atom is -0.479 e. The molecule has 0 fully saturated rings. The van der Waals surface area contributed by atoms with Crippen LogP contribution in [0.15, 0.2) is 60.7 Å². The SMILES string of the molecule is Cc1c(C)n(Cc2cccc(OC(C)C(=O)O)c2Cl)c2ccc(C(=O)NC(C)c3cccc(C(C)C)c3)cc12. The number of halogens is 1. The number of fused-ring (bicyclic) bond motifs is 1. The van der Waals surface area contributed by atoms with Crippen LogP contribution in [-0.4, -0.2) is 27.7 Å². The van der Waals surface area contributed by atoms with E-state index in [4.69, 9.17) is 16.3 Å². The molecule has 2 unspecified atom stereocenters. The highest BCUT2D eigenvalue weighted by molar-refractivity contribution is 6.32. The van der Waals surface area contributed by atoms with Crippen LogP contribution in [0.5, 0.6) is 5.75 Å². The normalized spacial score (nSPS) is 12.9. The molecule has 0 bridgehead atoms. The van der Waals surface area contributed by atoms with Crippen molar-refractivity contribution >= 4 is 34.4 Å². The van der Waals surface area contributed by atoms with Gasteiger partial charge in [0, 0.05) is 28.7 Å². The van der Waals surface area contributed by atoms with Crippen molar-refractivity contribution in [3.63, 3.8) is 0 Å². The molecule has 0 radical (unpaired) electrons. The summed E-state index contributed by atoms with van der Waals surface area (Å²) in [6.07, 6.45) is -1.01. The molecule has 0 saturated heterocycles. The second kappa shape index (κ2) is 11.5. The molecule has 0 spiro atoms. The Labute approximate surface area is 234 Å². The van der Waals surface area contributed by atoms with Gasteiger partial charge in [0.05, 0.1) is 11.1 Å². The van der Waals surface area contributed by atoms with Gasteiger partial charge in [-0.1, -0.05) is 61.8 Å². The summed E-state index contributed by atoms with van der Waals surface area (Å²) < 4.78 is 7.70. The molecule has 3 aromatic carbocycles. The Morgan fingerprint density at radius 3 is 2.36 bits per heavy atom. The molecule has 0 aliphatic carbocycles. The van der Waals surface area contributed by atoms with Gasteiger partial charge >= 0.3 is 5.97 Å². The molecule has 0 aliphatic heterocycles. The van der Waals surface area contributed by atoms with Gasteiger partial charge in [-0.05, 0) is 80.1 Å². The van der Waals surface area contributed by atoms with Crippen LogP contribution < -0.4 is 10.1 Å². The number of carbonyl (C=O) groups excluding carboxylic acids is 1. The maximum Gasteiger partial charge on any atom is 0.344 e. The lowest BCUT2D eigenvalue weighted by Crippen LogP contribution is -2.26. The van der Waals surface area contributed by atoms with E-state index in [1.54, 1.807) is 12.1 Å². The van der Waals surface area contributed by atoms with Gasteiger partial charge < -0.3 is 19.7 Å². The summed E-state index contributed by atoms with van der Waals surface area (Å²) in [5.74, 6) is -0.423. The van der Waals surface area contributed by atoms with Crippen LogP contribution in [-0.2, 0) is 11.3 Å². The first-order chi connectivity index (χ1) is 18.5. The number of rotatable bonds is 9. The van der Waals surface area contributed by atoms with Gasteiger partial charge in [-0.3, -0.25) is 4.79 Å². The molecule has 0 aliphatic rings. The van der Waals surface area contributed by atoms with Crippen LogP contribution in [0, 0.1) is 13.8 Å². The number of carboxylic acid groups (broad SMARTS) is 1. The number of ether oxygens (including phenoxy) is 1. The molecular weight excluding hydrogens is 512 g/mol. The lowest BCUT2D eigenvalue weighted by Gasteiger charge is -2.17. The molecular formula is C32H35ClN2O4. The predicted molar refractivity (Wildman–Crippen MR) is 156 cm³/mol. The number of nitrogens with one attached hydrogen (secondary N) is 1. The van der Waals surface area contributed by atoms with E-state index in [2.05, 4.69) is 35.9 Å². The van der Waals surface area contributed by atoms with Crippen molar-refractivity contribution in [1.29, 1.82) is 0 Å². The highest BCUT2D eigenvalue weighted by Crippen LogP contribution is 2.33. The fourth-order valence-electron chi connectivity index (χ4n) is 4.73. The van der Waals surface area contributed by atoms with Crippen molar-refractivity contribution in [1.82, 2.24) is 9.88 Å². The summed E-state index contributed by atoms with van der Waals surface area (Å²) >= 11 is 6.63. The third-order valence-corrected chi connectivity index (χ3v) is 7.78.